The molecule has 0 radical (unpaired) electrons. The van der Waals surface area contributed by atoms with Crippen molar-refractivity contribution in [1.82, 2.24) is 23.9 Å². The van der Waals surface area contributed by atoms with Gasteiger partial charge in [-0.15, -0.1) is 0 Å². The van der Waals surface area contributed by atoms with Gasteiger partial charge in [0.1, 0.15) is 0 Å². The fourth-order valence-electron chi connectivity index (χ4n) is 7.14. The van der Waals surface area contributed by atoms with Crippen LogP contribution in [0.2, 0.25) is 0 Å². The molecule has 10 aromatic rings. The van der Waals surface area contributed by atoms with Crippen LogP contribution in [0.4, 0.5) is 0 Å². The average Bonchev–Trinajstić information content (AvgIpc) is 3.69. The van der Waals surface area contributed by atoms with Gasteiger partial charge in [0.25, 0.3) is 0 Å². The van der Waals surface area contributed by atoms with Crippen LogP contribution in [0.25, 0.3) is 88.6 Å². The van der Waals surface area contributed by atoms with E-state index in [9.17, 15) is 0 Å². The molecule has 46 heavy (non-hydrogen) atoms. The summed E-state index contributed by atoms with van der Waals surface area (Å²) in [6.45, 7) is 0. The summed E-state index contributed by atoms with van der Waals surface area (Å²) in [5, 5.41) is 7.24. The first kappa shape index (κ1) is 25.0. The van der Waals surface area contributed by atoms with E-state index in [2.05, 4.69) is 100.0 Å². The van der Waals surface area contributed by atoms with Crippen LogP contribution in [0.3, 0.4) is 0 Å². The summed E-state index contributed by atoms with van der Waals surface area (Å²) in [7, 11) is 0. The van der Waals surface area contributed by atoms with Gasteiger partial charge in [0, 0.05) is 38.1 Å². The number of hydrogen-bond donors (Lipinski definition) is 0. The Morgan fingerprint density at radius 3 is 1.70 bits per heavy atom. The zero-order valence-electron chi connectivity index (χ0n) is 24.7. The largest absolute Gasteiger partial charge is 0.308 e. The normalized spacial score (nSPS) is 11.9. The lowest BCUT2D eigenvalue weighted by atomic mass is 10.0. The monoisotopic (exact) mass is 587 g/mol. The van der Waals surface area contributed by atoms with Crippen LogP contribution in [-0.2, 0) is 0 Å². The molecular formula is C41H25N5. The van der Waals surface area contributed by atoms with Crippen LogP contribution in [0, 0.1) is 0 Å². The van der Waals surface area contributed by atoms with Crippen LogP contribution in [0.1, 0.15) is 0 Å². The van der Waals surface area contributed by atoms with Gasteiger partial charge < -0.3 is 4.40 Å². The van der Waals surface area contributed by atoms with E-state index in [0.29, 0.717) is 17.6 Å². The van der Waals surface area contributed by atoms with Crippen molar-refractivity contribution in [3.63, 3.8) is 0 Å². The van der Waals surface area contributed by atoms with Crippen molar-refractivity contribution in [2.24, 2.45) is 0 Å². The molecule has 0 unspecified atom stereocenters. The Balaban J connectivity index is 1.39. The van der Waals surface area contributed by atoms with Crippen LogP contribution in [0.5, 0.6) is 0 Å². The summed E-state index contributed by atoms with van der Waals surface area (Å²) in [5.41, 5.74) is 7.56. The molecule has 0 N–H and O–H groups in total. The molecule has 0 amide bonds. The first-order valence-corrected chi connectivity index (χ1v) is 15.5. The number of hydrogen-bond acceptors (Lipinski definition) is 3. The SMILES string of the molecule is c1ccc(-c2nc(-c3ccccc3)nc(-n3c4ccccc4c4c3ccc3c5ccccc5c5cc6ccccc6n5c34)n2)cc1. The molecule has 5 heteroatoms. The van der Waals surface area contributed by atoms with Crippen LogP contribution >= 0.6 is 0 Å². The molecule has 5 nitrogen and oxygen atoms in total. The quantitative estimate of drug-likeness (QED) is 0.193. The van der Waals surface area contributed by atoms with E-state index in [4.69, 9.17) is 15.0 Å². The lowest BCUT2D eigenvalue weighted by Gasteiger charge is -2.13. The molecule has 0 aliphatic carbocycles. The summed E-state index contributed by atoms with van der Waals surface area (Å²) in [5.74, 6) is 1.87. The minimum Gasteiger partial charge on any atom is -0.308 e. The van der Waals surface area contributed by atoms with Crippen molar-refractivity contribution in [3.8, 4) is 28.7 Å². The molecule has 10 rings (SSSR count). The third-order valence-electron chi connectivity index (χ3n) is 9.13. The van der Waals surface area contributed by atoms with E-state index in [1.807, 2.05) is 60.7 Å². The molecule has 4 aromatic heterocycles. The number of fused-ring (bicyclic) bond motifs is 12. The summed E-state index contributed by atoms with van der Waals surface area (Å²) >= 11 is 0. The maximum absolute atomic E-state index is 5.14. The number of aromatic nitrogens is 5. The minimum absolute atomic E-state index is 0.590. The highest BCUT2D eigenvalue weighted by Gasteiger charge is 2.22. The second-order valence-electron chi connectivity index (χ2n) is 11.7. The van der Waals surface area contributed by atoms with E-state index in [-0.39, 0.29) is 0 Å². The van der Waals surface area contributed by atoms with Crippen LogP contribution in [0.15, 0.2) is 152 Å². The summed E-state index contributed by atoms with van der Waals surface area (Å²) in [4.78, 5) is 15.2. The van der Waals surface area contributed by atoms with Gasteiger partial charge in [-0.3, -0.25) is 4.57 Å². The van der Waals surface area contributed by atoms with Crippen molar-refractivity contribution in [2.75, 3.05) is 0 Å². The lowest BCUT2D eigenvalue weighted by molar-refractivity contribution is 0.953. The summed E-state index contributed by atoms with van der Waals surface area (Å²) in [6, 6.07) is 53.1. The highest BCUT2D eigenvalue weighted by atomic mass is 15.2. The first-order valence-electron chi connectivity index (χ1n) is 15.5. The fraction of sp³-hybridized carbons (Fsp3) is 0. The van der Waals surface area contributed by atoms with Gasteiger partial charge in [-0.1, -0.05) is 127 Å². The van der Waals surface area contributed by atoms with Gasteiger partial charge in [-0.25, -0.2) is 4.98 Å². The molecule has 0 aliphatic rings. The second-order valence-corrected chi connectivity index (χ2v) is 11.7. The Labute approximate surface area is 263 Å². The summed E-state index contributed by atoms with van der Waals surface area (Å²) < 4.78 is 4.65. The maximum Gasteiger partial charge on any atom is 0.238 e. The molecule has 0 atom stereocenters. The van der Waals surface area contributed by atoms with Gasteiger partial charge in [0.15, 0.2) is 11.6 Å². The zero-order valence-corrected chi connectivity index (χ0v) is 24.7. The van der Waals surface area contributed by atoms with E-state index < -0.39 is 0 Å². The molecule has 0 fully saturated rings. The Morgan fingerprint density at radius 2 is 0.978 bits per heavy atom. The lowest BCUT2D eigenvalue weighted by Crippen LogP contribution is -2.06. The Kier molecular flexibility index (Phi) is 5.22. The third kappa shape index (κ3) is 3.54. The van der Waals surface area contributed by atoms with E-state index in [1.165, 1.54) is 43.5 Å². The van der Waals surface area contributed by atoms with E-state index in [0.717, 1.165) is 27.5 Å². The molecule has 6 aromatic carbocycles. The van der Waals surface area contributed by atoms with Crippen molar-refractivity contribution in [2.45, 2.75) is 0 Å². The Morgan fingerprint density at radius 1 is 0.391 bits per heavy atom. The topological polar surface area (TPSA) is 48.0 Å². The van der Waals surface area contributed by atoms with E-state index >= 15 is 0 Å². The fourth-order valence-corrected chi connectivity index (χ4v) is 7.14. The number of rotatable bonds is 3. The van der Waals surface area contributed by atoms with Gasteiger partial charge in [-0.2, -0.15) is 9.97 Å². The number of pyridine rings is 1. The first-order chi connectivity index (χ1) is 22.8. The number of nitrogens with zero attached hydrogens (tertiary/aromatic N) is 5. The van der Waals surface area contributed by atoms with Crippen LogP contribution in [-0.4, -0.2) is 23.9 Å². The predicted octanol–water partition coefficient (Wildman–Crippen LogP) is 10.0. The second kappa shape index (κ2) is 9.58. The molecule has 0 saturated carbocycles. The molecule has 214 valence electrons. The highest BCUT2D eigenvalue weighted by Crippen LogP contribution is 2.41. The van der Waals surface area contributed by atoms with Gasteiger partial charge in [-0.05, 0) is 29.7 Å². The Bertz CT molecular complexity index is 2740. The van der Waals surface area contributed by atoms with Crippen molar-refractivity contribution >= 4 is 59.9 Å². The number of benzene rings is 6. The molecule has 0 bridgehead atoms. The van der Waals surface area contributed by atoms with Crippen LogP contribution < -0.4 is 0 Å². The molecular weight excluding hydrogens is 562 g/mol. The van der Waals surface area contributed by atoms with Gasteiger partial charge in [0.05, 0.1) is 27.6 Å². The zero-order chi connectivity index (χ0) is 30.2. The standard InChI is InChI=1S/C41H25N5/c1-3-13-26(14-4-1)39-42-40(27-15-5-2-6-16-27)44-41(43-39)46-34-22-12-10-20-32(34)37-35(46)24-23-31-29-18-8-9-19-30(29)36-25-28-17-7-11-21-33(28)45(36)38(31)37/h1-25H. The van der Waals surface area contributed by atoms with Crippen molar-refractivity contribution < 1.29 is 0 Å². The molecule has 4 heterocycles. The minimum atomic E-state index is 0.590. The highest BCUT2D eigenvalue weighted by molar-refractivity contribution is 6.27. The average molecular weight is 588 g/mol. The Hall–Kier alpha value is -6.33. The molecule has 0 saturated heterocycles. The smallest absolute Gasteiger partial charge is 0.238 e. The number of para-hydroxylation sites is 2. The van der Waals surface area contributed by atoms with Gasteiger partial charge in [0.2, 0.25) is 5.95 Å². The molecule has 0 aliphatic heterocycles. The third-order valence-corrected chi connectivity index (χ3v) is 9.13. The predicted molar refractivity (Wildman–Crippen MR) is 189 cm³/mol. The van der Waals surface area contributed by atoms with E-state index in [1.54, 1.807) is 0 Å². The van der Waals surface area contributed by atoms with Crippen molar-refractivity contribution in [3.05, 3.63) is 152 Å². The maximum atomic E-state index is 5.14. The summed E-state index contributed by atoms with van der Waals surface area (Å²) in [6.07, 6.45) is 0. The molecule has 0 spiro atoms. The van der Waals surface area contributed by atoms with Crippen molar-refractivity contribution in [1.29, 1.82) is 0 Å². The van der Waals surface area contributed by atoms with Gasteiger partial charge >= 0.3 is 0 Å².